The molecule has 1 heterocycles. The molecule has 1 aliphatic rings. The molecule has 0 spiro atoms. The Morgan fingerprint density at radius 3 is 2.39 bits per heavy atom. The van der Waals surface area contributed by atoms with Crippen molar-refractivity contribution in [2.45, 2.75) is 44.2 Å². The van der Waals surface area contributed by atoms with Crippen LogP contribution < -0.4 is 9.62 Å². The number of rotatable bonds is 4. The largest absolute Gasteiger partial charge is 0.504 e. The molecule has 2 aromatic rings. The maximum atomic E-state index is 13.3. The first-order chi connectivity index (χ1) is 15.2. The summed E-state index contributed by atoms with van der Waals surface area (Å²) < 4.78 is 41.5. The minimum Gasteiger partial charge on any atom is -0.504 e. The normalized spacial score (nSPS) is 17.4. The maximum Gasteiger partial charge on any atom is 0.255 e. The molecule has 1 atom stereocenters. The molecule has 1 amide bonds. The molecule has 0 aromatic heterocycles. The fourth-order valence-electron chi connectivity index (χ4n) is 3.73. The predicted molar refractivity (Wildman–Crippen MR) is 127 cm³/mol. The molecule has 33 heavy (non-hydrogen) atoms. The Morgan fingerprint density at radius 1 is 1.15 bits per heavy atom. The number of benzene rings is 2. The third kappa shape index (κ3) is 5.71. The number of anilines is 1. The summed E-state index contributed by atoms with van der Waals surface area (Å²) in [5.41, 5.74) is -0.244. The van der Waals surface area contributed by atoms with Crippen molar-refractivity contribution in [1.29, 1.82) is 0 Å². The molecule has 0 radical (unpaired) electrons. The van der Waals surface area contributed by atoms with Crippen molar-refractivity contribution in [1.82, 2.24) is 9.62 Å². The van der Waals surface area contributed by atoms with E-state index in [4.69, 9.17) is 23.2 Å². The van der Waals surface area contributed by atoms with E-state index < -0.39 is 21.4 Å². The van der Waals surface area contributed by atoms with Gasteiger partial charge in [0.25, 0.3) is 5.91 Å². The molecule has 2 aromatic carbocycles. The third-order valence-electron chi connectivity index (χ3n) is 5.15. The van der Waals surface area contributed by atoms with Crippen LogP contribution in [0.25, 0.3) is 0 Å². The van der Waals surface area contributed by atoms with Gasteiger partial charge in [-0.25, -0.2) is 17.5 Å². The van der Waals surface area contributed by atoms with Crippen LogP contribution in [0.5, 0.6) is 5.75 Å². The lowest BCUT2D eigenvalue weighted by Crippen LogP contribution is -2.54. The van der Waals surface area contributed by atoms with E-state index >= 15 is 0 Å². The zero-order chi connectivity index (χ0) is 24.7. The predicted octanol–water partition coefficient (Wildman–Crippen LogP) is 4.27. The maximum absolute atomic E-state index is 13.3. The highest BCUT2D eigenvalue weighted by Crippen LogP contribution is 2.39. The van der Waals surface area contributed by atoms with Crippen molar-refractivity contribution in [3.63, 3.8) is 0 Å². The zero-order valence-corrected chi connectivity index (χ0v) is 21.0. The van der Waals surface area contributed by atoms with Crippen molar-refractivity contribution in [3.8, 4) is 5.75 Å². The molecule has 11 heteroatoms. The molecular weight excluding hydrogens is 492 g/mol. The highest BCUT2D eigenvalue weighted by molar-refractivity contribution is 7.89. The second-order valence-electron chi connectivity index (χ2n) is 9.05. The van der Waals surface area contributed by atoms with Crippen LogP contribution in [0.15, 0.2) is 35.2 Å². The Bertz CT molecular complexity index is 1180. The molecular formula is C22H26Cl2FN3O4S. The monoisotopic (exact) mass is 517 g/mol. The first-order valence-corrected chi connectivity index (χ1v) is 12.5. The summed E-state index contributed by atoms with van der Waals surface area (Å²) in [5.74, 6) is -1.10. The first-order valence-electron chi connectivity index (χ1n) is 10.3. The van der Waals surface area contributed by atoms with Gasteiger partial charge in [0.05, 0.1) is 26.2 Å². The van der Waals surface area contributed by atoms with Crippen molar-refractivity contribution < 1.29 is 22.7 Å². The summed E-state index contributed by atoms with van der Waals surface area (Å²) >= 11 is 12.2. The van der Waals surface area contributed by atoms with E-state index in [1.165, 1.54) is 24.3 Å². The van der Waals surface area contributed by atoms with E-state index in [9.17, 15) is 22.7 Å². The minimum atomic E-state index is -3.89. The van der Waals surface area contributed by atoms with Gasteiger partial charge in [0, 0.05) is 31.2 Å². The fraction of sp³-hybridized carbons (Fsp3) is 0.409. The van der Waals surface area contributed by atoms with Crippen LogP contribution in [0.4, 0.5) is 10.1 Å². The van der Waals surface area contributed by atoms with E-state index in [-0.39, 0.29) is 57.0 Å². The number of nitrogens with zero attached hydrogens (tertiary/aromatic N) is 2. The number of aromatic hydroxyl groups is 1. The standard InChI is InChI=1S/C22H26Cl2FN3O4S/c1-13-12-27(21(30)16-6-5-14(25)9-17(16)23)7-8-28(13)19-11-15(10-18(24)20(19)29)33(31,32)26-22(2,3)4/h5-6,9-11,13,26,29H,7-8,12H2,1-4H3/t13-/m1/s1. The number of amides is 1. The van der Waals surface area contributed by atoms with Crippen LogP contribution in [0.2, 0.25) is 10.0 Å². The van der Waals surface area contributed by atoms with E-state index in [2.05, 4.69) is 4.72 Å². The van der Waals surface area contributed by atoms with Gasteiger partial charge in [-0.05, 0) is 58.0 Å². The lowest BCUT2D eigenvalue weighted by molar-refractivity contribution is 0.0726. The van der Waals surface area contributed by atoms with E-state index in [1.54, 1.807) is 30.6 Å². The van der Waals surface area contributed by atoms with Gasteiger partial charge in [0.15, 0.2) is 5.75 Å². The van der Waals surface area contributed by atoms with Crippen LogP contribution in [-0.2, 0) is 10.0 Å². The average Bonchev–Trinajstić information content (AvgIpc) is 2.68. The van der Waals surface area contributed by atoms with Crippen LogP contribution in [0, 0.1) is 5.82 Å². The van der Waals surface area contributed by atoms with E-state index in [1.807, 2.05) is 6.92 Å². The molecule has 0 unspecified atom stereocenters. The number of nitrogens with one attached hydrogen (secondary N) is 1. The van der Waals surface area contributed by atoms with Gasteiger partial charge in [-0.2, -0.15) is 0 Å². The molecule has 3 rings (SSSR count). The van der Waals surface area contributed by atoms with Gasteiger partial charge in [0.2, 0.25) is 10.0 Å². The quantitative estimate of drug-likeness (QED) is 0.632. The number of hydrogen-bond donors (Lipinski definition) is 2. The first kappa shape index (κ1) is 25.6. The molecule has 0 aliphatic carbocycles. The van der Waals surface area contributed by atoms with Crippen LogP contribution in [-0.4, -0.2) is 55.5 Å². The smallest absolute Gasteiger partial charge is 0.255 e. The third-order valence-corrected chi connectivity index (χ3v) is 7.49. The number of piperazine rings is 1. The zero-order valence-electron chi connectivity index (χ0n) is 18.7. The van der Waals surface area contributed by atoms with Crippen molar-refractivity contribution in [2.24, 2.45) is 0 Å². The Kier molecular flexibility index (Phi) is 7.19. The van der Waals surface area contributed by atoms with Gasteiger partial charge in [-0.3, -0.25) is 4.79 Å². The van der Waals surface area contributed by atoms with Crippen LogP contribution in [0.3, 0.4) is 0 Å². The summed E-state index contributed by atoms with van der Waals surface area (Å²) in [4.78, 5) is 16.2. The fourth-order valence-corrected chi connectivity index (χ4v) is 5.72. The number of hydrogen-bond acceptors (Lipinski definition) is 5. The molecule has 1 saturated heterocycles. The van der Waals surface area contributed by atoms with Gasteiger partial charge in [-0.1, -0.05) is 23.2 Å². The molecule has 180 valence electrons. The summed E-state index contributed by atoms with van der Waals surface area (Å²) in [6.07, 6.45) is 0. The number of halogens is 3. The second kappa shape index (κ2) is 9.29. The number of carbonyl (C=O) groups excluding carboxylic acids is 1. The van der Waals surface area contributed by atoms with Crippen molar-refractivity contribution in [3.05, 3.63) is 51.8 Å². The molecule has 0 bridgehead atoms. The summed E-state index contributed by atoms with van der Waals surface area (Å²) in [5, 5.41) is 10.5. The number of phenols is 1. The second-order valence-corrected chi connectivity index (χ2v) is 11.5. The van der Waals surface area contributed by atoms with Gasteiger partial charge in [-0.15, -0.1) is 0 Å². The van der Waals surface area contributed by atoms with E-state index in [0.29, 0.717) is 6.54 Å². The van der Waals surface area contributed by atoms with Gasteiger partial charge >= 0.3 is 0 Å². The Hall–Kier alpha value is -2.07. The lowest BCUT2D eigenvalue weighted by Gasteiger charge is -2.41. The topological polar surface area (TPSA) is 90.0 Å². The lowest BCUT2D eigenvalue weighted by atomic mass is 10.1. The Labute approximate surface area is 203 Å². The van der Waals surface area contributed by atoms with E-state index in [0.717, 1.165) is 6.07 Å². The van der Waals surface area contributed by atoms with Crippen molar-refractivity contribution in [2.75, 3.05) is 24.5 Å². The molecule has 0 saturated carbocycles. The van der Waals surface area contributed by atoms with Crippen LogP contribution in [0.1, 0.15) is 38.1 Å². The summed E-state index contributed by atoms with van der Waals surface area (Å²) in [6, 6.07) is 5.91. The molecule has 1 aliphatic heterocycles. The number of carbonyl (C=O) groups is 1. The van der Waals surface area contributed by atoms with Crippen LogP contribution >= 0.6 is 23.2 Å². The summed E-state index contributed by atoms with van der Waals surface area (Å²) in [6.45, 7) is 7.88. The van der Waals surface area contributed by atoms with Gasteiger partial charge < -0.3 is 14.9 Å². The Balaban J connectivity index is 1.87. The molecule has 2 N–H and O–H groups in total. The SMILES string of the molecule is C[C@@H]1CN(C(=O)c2ccc(F)cc2Cl)CCN1c1cc(S(=O)(=O)NC(C)(C)C)cc(Cl)c1O. The van der Waals surface area contributed by atoms with Crippen molar-refractivity contribution >= 4 is 44.8 Å². The minimum absolute atomic E-state index is 0.0313. The summed E-state index contributed by atoms with van der Waals surface area (Å²) in [7, 11) is -3.89. The van der Waals surface area contributed by atoms with Gasteiger partial charge in [0.1, 0.15) is 5.82 Å². The highest BCUT2D eigenvalue weighted by Gasteiger charge is 2.32. The molecule has 1 fully saturated rings. The number of sulfonamides is 1. The number of phenolic OH excluding ortho intramolecular Hbond substituents is 1. The highest BCUT2D eigenvalue weighted by atomic mass is 35.5. The molecule has 7 nitrogen and oxygen atoms in total. The Morgan fingerprint density at radius 2 is 1.82 bits per heavy atom. The average molecular weight is 518 g/mol.